The van der Waals surface area contributed by atoms with Gasteiger partial charge in [0.05, 0.1) is 20.3 Å². The Bertz CT molecular complexity index is 507. The lowest BCUT2D eigenvalue weighted by Crippen LogP contribution is -2.37. The highest BCUT2D eigenvalue weighted by molar-refractivity contribution is 5.86. The zero-order valence-corrected chi connectivity index (χ0v) is 15.1. The van der Waals surface area contributed by atoms with Crippen LogP contribution < -0.4 is 4.74 Å². The van der Waals surface area contributed by atoms with Crippen LogP contribution in [0.3, 0.4) is 0 Å². The van der Waals surface area contributed by atoms with Gasteiger partial charge in [-0.2, -0.15) is 0 Å². The molecule has 0 aliphatic rings. The molecule has 24 heavy (non-hydrogen) atoms. The molecule has 0 aliphatic carbocycles. The molecular formula is C20H30O4. The maximum atomic E-state index is 12.5. The summed E-state index contributed by atoms with van der Waals surface area (Å²) in [6, 6.07) is 7.69. The Morgan fingerprint density at radius 2 is 1.92 bits per heavy atom. The second-order valence-corrected chi connectivity index (χ2v) is 6.04. The zero-order chi connectivity index (χ0) is 17.8. The van der Waals surface area contributed by atoms with Gasteiger partial charge in [0.1, 0.15) is 11.4 Å². The lowest BCUT2D eigenvalue weighted by molar-refractivity contribution is -0.145. The van der Waals surface area contributed by atoms with Crippen LogP contribution in [0.5, 0.6) is 5.75 Å². The Morgan fingerprint density at radius 1 is 1.21 bits per heavy atom. The number of carbonyl (C=O) groups is 1. The first-order valence-corrected chi connectivity index (χ1v) is 8.61. The highest BCUT2D eigenvalue weighted by Gasteiger charge is 2.31. The largest absolute Gasteiger partial charge is 0.497 e. The summed E-state index contributed by atoms with van der Waals surface area (Å²) in [5, 5.41) is 8.67. The van der Waals surface area contributed by atoms with Gasteiger partial charge in [-0.25, -0.2) is 0 Å². The van der Waals surface area contributed by atoms with E-state index in [-0.39, 0.29) is 12.4 Å². The Balaban J connectivity index is 2.45. The zero-order valence-electron chi connectivity index (χ0n) is 15.1. The minimum absolute atomic E-state index is 0.0754. The van der Waals surface area contributed by atoms with E-state index >= 15 is 0 Å². The van der Waals surface area contributed by atoms with E-state index in [9.17, 15) is 4.79 Å². The molecule has 4 heteroatoms. The molecule has 1 N–H and O–H groups in total. The molecule has 0 aliphatic heterocycles. The van der Waals surface area contributed by atoms with Gasteiger partial charge in [-0.05, 0) is 50.3 Å². The SMILES string of the molecule is CC[C@@](C)(OCc1ccc(OC)cc1)C(=O)CCCC/C=C/CO. The number of aliphatic hydroxyl groups is 1. The summed E-state index contributed by atoms with van der Waals surface area (Å²) in [6.45, 7) is 4.35. The number of benzene rings is 1. The maximum absolute atomic E-state index is 12.5. The van der Waals surface area contributed by atoms with Gasteiger partial charge in [-0.15, -0.1) is 0 Å². The van der Waals surface area contributed by atoms with Crippen LogP contribution in [0.2, 0.25) is 0 Å². The Labute approximate surface area is 145 Å². The van der Waals surface area contributed by atoms with Crippen molar-refractivity contribution in [2.75, 3.05) is 13.7 Å². The third-order valence-electron chi connectivity index (χ3n) is 4.28. The van der Waals surface area contributed by atoms with E-state index in [4.69, 9.17) is 14.6 Å². The summed E-state index contributed by atoms with van der Waals surface area (Å²) < 4.78 is 11.1. The third kappa shape index (κ3) is 6.85. The number of carbonyl (C=O) groups excluding carboxylic acids is 1. The van der Waals surface area contributed by atoms with Crippen LogP contribution in [0, 0.1) is 0 Å². The van der Waals surface area contributed by atoms with E-state index in [0.717, 1.165) is 30.6 Å². The average molecular weight is 334 g/mol. The first kappa shape index (κ1) is 20.4. The highest BCUT2D eigenvalue weighted by atomic mass is 16.5. The lowest BCUT2D eigenvalue weighted by atomic mass is 9.93. The number of hydrogen-bond acceptors (Lipinski definition) is 4. The standard InChI is InChI=1S/C20H30O4/c1-4-20(2,19(22)10-8-6-5-7-9-15-21)24-16-17-11-13-18(23-3)14-12-17/h7,9,11-14,21H,4-6,8,10,15-16H2,1-3H3/b9-7+/t20-/m1/s1. The minimum atomic E-state index is -0.735. The van der Waals surface area contributed by atoms with Gasteiger partial charge in [0.2, 0.25) is 0 Å². The molecule has 1 aromatic carbocycles. The summed E-state index contributed by atoms with van der Waals surface area (Å²) in [5.74, 6) is 0.966. The van der Waals surface area contributed by atoms with Gasteiger partial charge < -0.3 is 14.6 Å². The van der Waals surface area contributed by atoms with Gasteiger partial charge in [0.25, 0.3) is 0 Å². The maximum Gasteiger partial charge on any atom is 0.164 e. The molecule has 0 unspecified atom stereocenters. The number of unbranched alkanes of at least 4 members (excludes halogenated alkanes) is 2. The molecule has 4 nitrogen and oxygen atoms in total. The summed E-state index contributed by atoms with van der Waals surface area (Å²) >= 11 is 0. The molecule has 0 aromatic heterocycles. The van der Waals surface area contributed by atoms with Crippen LogP contribution in [-0.4, -0.2) is 30.2 Å². The van der Waals surface area contributed by atoms with E-state index in [1.54, 1.807) is 13.2 Å². The van der Waals surface area contributed by atoms with Crippen LogP contribution in [0.1, 0.15) is 51.5 Å². The number of rotatable bonds is 12. The Kier molecular flexibility index (Phi) is 9.35. The number of ketones is 1. The number of hydrogen-bond donors (Lipinski definition) is 1. The molecule has 0 spiro atoms. The van der Waals surface area contributed by atoms with Crippen LogP contribution in [0.25, 0.3) is 0 Å². The lowest BCUT2D eigenvalue weighted by Gasteiger charge is -2.27. The van der Waals surface area contributed by atoms with Crippen molar-refractivity contribution in [2.24, 2.45) is 0 Å². The van der Waals surface area contributed by atoms with Crippen molar-refractivity contribution in [3.63, 3.8) is 0 Å². The van der Waals surface area contributed by atoms with Crippen LogP contribution in [0.4, 0.5) is 0 Å². The summed E-state index contributed by atoms with van der Waals surface area (Å²) in [4.78, 5) is 12.5. The van der Waals surface area contributed by atoms with Crippen molar-refractivity contribution in [3.05, 3.63) is 42.0 Å². The number of ether oxygens (including phenoxy) is 2. The quantitative estimate of drug-likeness (QED) is 0.463. The van der Waals surface area contributed by atoms with Gasteiger partial charge in [-0.1, -0.05) is 31.2 Å². The van der Waals surface area contributed by atoms with E-state index in [0.29, 0.717) is 19.4 Å². The predicted octanol–water partition coefficient (Wildman–Crippen LogP) is 4.06. The second-order valence-electron chi connectivity index (χ2n) is 6.04. The van der Waals surface area contributed by atoms with E-state index in [1.165, 1.54) is 0 Å². The number of Topliss-reactive ketones (excluding diaryl/α,β-unsaturated/α-hetero) is 1. The smallest absolute Gasteiger partial charge is 0.164 e. The van der Waals surface area contributed by atoms with Crippen molar-refractivity contribution in [3.8, 4) is 5.75 Å². The van der Waals surface area contributed by atoms with Crippen LogP contribution in [0.15, 0.2) is 36.4 Å². The number of aliphatic hydroxyl groups excluding tert-OH is 1. The molecule has 1 rings (SSSR count). The van der Waals surface area contributed by atoms with Gasteiger partial charge in [0, 0.05) is 6.42 Å². The van der Waals surface area contributed by atoms with Crippen molar-refractivity contribution in [1.82, 2.24) is 0 Å². The predicted molar refractivity (Wildman–Crippen MR) is 96.2 cm³/mol. The fourth-order valence-corrected chi connectivity index (χ4v) is 2.35. The first-order valence-electron chi connectivity index (χ1n) is 8.61. The van der Waals surface area contributed by atoms with Crippen molar-refractivity contribution < 1.29 is 19.4 Å². The van der Waals surface area contributed by atoms with E-state index < -0.39 is 5.60 Å². The van der Waals surface area contributed by atoms with Crippen molar-refractivity contribution in [1.29, 1.82) is 0 Å². The van der Waals surface area contributed by atoms with Crippen molar-refractivity contribution in [2.45, 2.75) is 58.2 Å². The van der Waals surface area contributed by atoms with Crippen molar-refractivity contribution >= 4 is 5.78 Å². The van der Waals surface area contributed by atoms with Gasteiger partial charge in [0.15, 0.2) is 5.78 Å². The summed E-state index contributed by atoms with van der Waals surface area (Å²) in [7, 11) is 1.64. The van der Waals surface area contributed by atoms with E-state index in [2.05, 4.69) is 0 Å². The molecule has 0 saturated carbocycles. The topological polar surface area (TPSA) is 55.8 Å². The molecule has 0 amide bonds. The summed E-state index contributed by atoms with van der Waals surface area (Å²) in [6.07, 6.45) is 7.55. The minimum Gasteiger partial charge on any atom is -0.497 e. The molecule has 0 fully saturated rings. The van der Waals surface area contributed by atoms with Crippen LogP contribution >= 0.6 is 0 Å². The molecule has 0 saturated heterocycles. The van der Waals surface area contributed by atoms with Crippen LogP contribution in [-0.2, 0) is 16.1 Å². The summed E-state index contributed by atoms with van der Waals surface area (Å²) in [5.41, 5.74) is 0.290. The second kappa shape index (κ2) is 11.0. The number of allylic oxidation sites excluding steroid dienone is 1. The number of methoxy groups -OCH3 is 1. The molecule has 0 heterocycles. The monoisotopic (exact) mass is 334 g/mol. The molecule has 1 aromatic rings. The normalized spacial score (nSPS) is 13.8. The fourth-order valence-electron chi connectivity index (χ4n) is 2.35. The Morgan fingerprint density at radius 3 is 2.50 bits per heavy atom. The van der Waals surface area contributed by atoms with E-state index in [1.807, 2.05) is 44.2 Å². The molecule has 0 bridgehead atoms. The van der Waals surface area contributed by atoms with Gasteiger partial charge in [-0.3, -0.25) is 4.79 Å². The molecule has 134 valence electrons. The highest BCUT2D eigenvalue weighted by Crippen LogP contribution is 2.23. The Hall–Kier alpha value is -1.65. The van der Waals surface area contributed by atoms with Gasteiger partial charge >= 0.3 is 0 Å². The average Bonchev–Trinajstić information content (AvgIpc) is 2.62. The molecule has 0 radical (unpaired) electrons. The third-order valence-corrected chi connectivity index (χ3v) is 4.28. The molecular weight excluding hydrogens is 304 g/mol. The fraction of sp³-hybridized carbons (Fsp3) is 0.550. The molecule has 1 atom stereocenters. The first-order chi connectivity index (χ1) is 11.6.